The van der Waals surface area contributed by atoms with Gasteiger partial charge < -0.3 is 5.32 Å². The monoisotopic (exact) mass is 432 g/mol. The molecule has 4 aromatic rings. The third-order valence-electron chi connectivity index (χ3n) is 5.45. The van der Waals surface area contributed by atoms with Crippen LogP contribution >= 0.6 is 11.6 Å². The largest absolute Gasteiger partial charge is 0.348 e. The van der Waals surface area contributed by atoms with Crippen molar-refractivity contribution in [1.82, 2.24) is 29.6 Å². The van der Waals surface area contributed by atoms with Crippen LogP contribution in [0.4, 0.5) is 0 Å². The lowest BCUT2D eigenvalue weighted by atomic mass is 10.1. The summed E-state index contributed by atoms with van der Waals surface area (Å²) in [5.41, 5.74) is 4.36. The second-order valence-electron chi connectivity index (χ2n) is 7.74. The van der Waals surface area contributed by atoms with Crippen molar-refractivity contribution in [3.63, 3.8) is 0 Å². The average Bonchev–Trinajstić information content (AvgIpc) is 3.29. The van der Waals surface area contributed by atoms with E-state index in [1.54, 1.807) is 24.9 Å². The number of nitrogens with one attached hydrogen (secondary N) is 1. The van der Waals surface area contributed by atoms with E-state index in [9.17, 15) is 4.79 Å². The number of amides is 1. The number of aryl methyl sites for hydroxylation is 1. The minimum atomic E-state index is -0.134. The molecule has 0 saturated heterocycles. The first-order valence-corrected chi connectivity index (χ1v) is 10.5. The number of imidazole rings is 1. The SMILES string of the molecule is Cc1ccc(-n2ncc(C(=O)NCc3ccc(-n4ccnc4)nc3)c2C2CC2)cc1Cl. The maximum atomic E-state index is 13.0. The molecule has 1 aliphatic rings. The van der Waals surface area contributed by atoms with Gasteiger partial charge in [0.25, 0.3) is 5.91 Å². The molecule has 0 bridgehead atoms. The Labute approximate surface area is 184 Å². The zero-order chi connectivity index (χ0) is 21.4. The summed E-state index contributed by atoms with van der Waals surface area (Å²) in [6, 6.07) is 9.69. The van der Waals surface area contributed by atoms with E-state index in [2.05, 4.69) is 20.4 Å². The molecule has 156 valence electrons. The Bertz CT molecular complexity index is 1230. The molecule has 7 nitrogen and oxygen atoms in total. The van der Waals surface area contributed by atoms with Crippen LogP contribution in [0.1, 0.15) is 45.9 Å². The molecule has 1 aromatic carbocycles. The summed E-state index contributed by atoms with van der Waals surface area (Å²) < 4.78 is 3.68. The normalized spacial score (nSPS) is 13.4. The standard InChI is InChI=1S/C23H21ClN6O/c1-15-2-6-18(10-20(15)24)30-22(17-4-5-17)19(13-28-30)23(31)27-12-16-3-7-21(26-11-16)29-9-8-25-14-29/h2-3,6-11,13-14,17H,4-5,12H2,1H3,(H,27,31). The number of hydrogen-bond donors (Lipinski definition) is 1. The Morgan fingerprint density at radius 3 is 2.77 bits per heavy atom. The number of nitrogens with zero attached hydrogens (tertiary/aromatic N) is 5. The summed E-state index contributed by atoms with van der Waals surface area (Å²) in [5, 5.41) is 8.20. The van der Waals surface area contributed by atoms with Gasteiger partial charge in [0.1, 0.15) is 12.1 Å². The van der Waals surface area contributed by atoms with Crippen LogP contribution in [0.5, 0.6) is 0 Å². The highest BCUT2D eigenvalue weighted by Crippen LogP contribution is 2.42. The van der Waals surface area contributed by atoms with Gasteiger partial charge in [-0.3, -0.25) is 9.36 Å². The molecule has 0 unspecified atom stereocenters. The molecule has 3 aromatic heterocycles. The predicted octanol–water partition coefficient (Wildman–Crippen LogP) is 4.22. The molecule has 1 saturated carbocycles. The number of hydrogen-bond acceptors (Lipinski definition) is 4. The first kappa shape index (κ1) is 19.5. The van der Waals surface area contributed by atoms with Crippen molar-refractivity contribution in [2.24, 2.45) is 0 Å². The molecule has 1 fully saturated rings. The van der Waals surface area contributed by atoms with E-state index in [0.717, 1.165) is 41.2 Å². The van der Waals surface area contributed by atoms with E-state index in [1.807, 2.05) is 52.7 Å². The molecule has 0 aliphatic heterocycles. The molecule has 0 radical (unpaired) electrons. The molecule has 0 spiro atoms. The fourth-order valence-electron chi connectivity index (χ4n) is 3.55. The van der Waals surface area contributed by atoms with Crippen LogP contribution in [0.2, 0.25) is 5.02 Å². The first-order chi connectivity index (χ1) is 15.1. The van der Waals surface area contributed by atoms with E-state index in [1.165, 1.54) is 0 Å². The van der Waals surface area contributed by atoms with Gasteiger partial charge in [-0.15, -0.1) is 0 Å². The Balaban J connectivity index is 1.34. The van der Waals surface area contributed by atoms with Gasteiger partial charge in [-0.2, -0.15) is 5.10 Å². The fourth-order valence-corrected chi connectivity index (χ4v) is 3.72. The Morgan fingerprint density at radius 1 is 1.23 bits per heavy atom. The molecular formula is C23H21ClN6O. The number of carbonyl (C=O) groups excluding carboxylic acids is 1. The third-order valence-corrected chi connectivity index (χ3v) is 5.85. The van der Waals surface area contributed by atoms with E-state index in [-0.39, 0.29) is 5.91 Å². The van der Waals surface area contributed by atoms with Crippen LogP contribution in [-0.2, 0) is 6.54 Å². The number of rotatable bonds is 6. The molecule has 8 heteroatoms. The Kier molecular flexibility index (Phi) is 5.03. The average molecular weight is 433 g/mol. The second-order valence-corrected chi connectivity index (χ2v) is 8.15. The molecule has 0 atom stereocenters. The van der Waals surface area contributed by atoms with Crippen molar-refractivity contribution < 1.29 is 4.79 Å². The highest BCUT2D eigenvalue weighted by atomic mass is 35.5. The topological polar surface area (TPSA) is 77.6 Å². The van der Waals surface area contributed by atoms with Crippen LogP contribution in [-0.4, -0.2) is 30.2 Å². The van der Waals surface area contributed by atoms with Gasteiger partial charge in [0, 0.05) is 36.1 Å². The van der Waals surface area contributed by atoms with E-state index >= 15 is 0 Å². The smallest absolute Gasteiger partial charge is 0.255 e. The van der Waals surface area contributed by atoms with Gasteiger partial charge in [-0.1, -0.05) is 23.7 Å². The second kappa shape index (κ2) is 8.00. The number of carbonyl (C=O) groups is 1. The van der Waals surface area contributed by atoms with Crippen LogP contribution in [0.15, 0.2) is 61.4 Å². The summed E-state index contributed by atoms with van der Waals surface area (Å²) in [6.45, 7) is 2.36. The van der Waals surface area contributed by atoms with E-state index < -0.39 is 0 Å². The van der Waals surface area contributed by atoms with Crippen LogP contribution in [0.25, 0.3) is 11.5 Å². The molecule has 3 heterocycles. The number of pyridine rings is 1. The van der Waals surface area contributed by atoms with Gasteiger partial charge in [-0.05, 0) is 49.1 Å². The van der Waals surface area contributed by atoms with Crippen molar-refractivity contribution in [3.8, 4) is 11.5 Å². The molecule has 5 rings (SSSR count). The van der Waals surface area contributed by atoms with Gasteiger partial charge >= 0.3 is 0 Å². The summed E-state index contributed by atoms with van der Waals surface area (Å²) in [4.78, 5) is 21.4. The van der Waals surface area contributed by atoms with Gasteiger partial charge in [-0.25, -0.2) is 14.6 Å². The van der Waals surface area contributed by atoms with Gasteiger partial charge in [0.05, 0.1) is 23.1 Å². The molecular weight excluding hydrogens is 412 g/mol. The lowest BCUT2D eigenvalue weighted by Gasteiger charge is -2.11. The van der Waals surface area contributed by atoms with Crippen LogP contribution < -0.4 is 5.32 Å². The molecule has 1 amide bonds. The van der Waals surface area contributed by atoms with E-state index in [0.29, 0.717) is 23.0 Å². The lowest BCUT2D eigenvalue weighted by molar-refractivity contribution is 0.0950. The zero-order valence-electron chi connectivity index (χ0n) is 17.0. The minimum absolute atomic E-state index is 0.134. The summed E-state index contributed by atoms with van der Waals surface area (Å²) >= 11 is 6.31. The van der Waals surface area contributed by atoms with Crippen molar-refractivity contribution in [2.45, 2.75) is 32.2 Å². The van der Waals surface area contributed by atoms with Gasteiger partial charge in [0.2, 0.25) is 0 Å². The predicted molar refractivity (Wildman–Crippen MR) is 118 cm³/mol. The summed E-state index contributed by atoms with van der Waals surface area (Å²) in [5.74, 6) is 0.992. The lowest BCUT2D eigenvalue weighted by Crippen LogP contribution is -2.24. The maximum absolute atomic E-state index is 13.0. The fraction of sp³-hybridized carbons (Fsp3) is 0.217. The number of benzene rings is 1. The van der Waals surface area contributed by atoms with Crippen LogP contribution in [0, 0.1) is 6.92 Å². The summed E-state index contributed by atoms with van der Waals surface area (Å²) in [7, 11) is 0. The first-order valence-electron chi connectivity index (χ1n) is 10.2. The Hall–Kier alpha value is -3.45. The van der Waals surface area contributed by atoms with Gasteiger partial charge in [0.15, 0.2) is 0 Å². The molecule has 31 heavy (non-hydrogen) atoms. The van der Waals surface area contributed by atoms with Crippen molar-refractivity contribution in [2.75, 3.05) is 0 Å². The molecule has 1 aliphatic carbocycles. The molecule has 1 N–H and O–H groups in total. The van der Waals surface area contributed by atoms with Crippen molar-refractivity contribution in [3.05, 3.63) is 88.9 Å². The minimum Gasteiger partial charge on any atom is -0.348 e. The Morgan fingerprint density at radius 2 is 2.10 bits per heavy atom. The number of aromatic nitrogens is 5. The van der Waals surface area contributed by atoms with Crippen molar-refractivity contribution >= 4 is 17.5 Å². The quantitative estimate of drug-likeness (QED) is 0.494. The zero-order valence-corrected chi connectivity index (χ0v) is 17.8. The third kappa shape index (κ3) is 3.96. The highest BCUT2D eigenvalue weighted by molar-refractivity contribution is 6.31. The maximum Gasteiger partial charge on any atom is 0.255 e. The highest BCUT2D eigenvalue weighted by Gasteiger charge is 2.33. The van der Waals surface area contributed by atoms with E-state index in [4.69, 9.17) is 11.6 Å². The van der Waals surface area contributed by atoms with Crippen molar-refractivity contribution in [1.29, 1.82) is 0 Å². The number of halogens is 1. The van der Waals surface area contributed by atoms with Crippen LogP contribution in [0.3, 0.4) is 0 Å². The summed E-state index contributed by atoms with van der Waals surface area (Å²) in [6.07, 6.45) is 10.8.